The fourth-order valence-electron chi connectivity index (χ4n) is 1.83. The Kier molecular flexibility index (Phi) is 4.72. The summed E-state index contributed by atoms with van der Waals surface area (Å²) >= 11 is 0. The van der Waals surface area contributed by atoms with Gasteiger partial charge in [0.15, 0.2) is 21.3 Å². The summed E-state index contributed by atoms with van der Waals surface area (Å²) < 4.78 is 29.1. The molecule has 0 saturated carbocycles. The number of aromatic hydroxyl groups is 2. The fourth-order valence-corrected chi connectivity index (χ4v) is 2.95. The summed E-state index contributed by atoms with van der Waals surface area (Å²) in [6.45, 7) is 0. The van der Waals surface area contributed by atoms with Crippen molar-refractivity contribution in [1.82, 2.24) is 0 Å². The molecule has 0 amide bonds. The van der Waals surface area contributed by atoms with Gasteiger partial charge < -0.3 is 14.9 Å². The first kappa shape index (κ1) is 15.9. The molecule has 0 unspecified atom stereocenters. The number of methoxy groups -OCH3 is 1. The van der Waals surface area contributed by atoms with E-state index in [2.05, 4.69) is 0 Å². The fraction of sp³-hybridized carbons (Fsp3) is 0.125. The molecule has 2 rings (SSSR count). The Morgan fingerprint density at radius 3 is 2.32 bits per heavy atom. The van der Waals surface area contributed by atoms with E-state index < -0.39 is 9.84 Å². The van der Waals surface area contributed by atoms with Gasteiger partial charge in [-0.15, -0.1) is 0 Å². The van der Waals surface area contributed by atoms with Gasteiger partial charge in [0, 0.05) is 5.41 Å². The minimum Gasteiger partial charge on any atom is -0.504 e. The van der Waals surface area contributed by atoms with Crippen molar-refractivity contribution in [3.05, 3.63) is 59.0 Å². The standard InChI is InChI=1S/C16H16O5S/c1-21-14-5-2-13(3-6-14)11-22(19,20)9-8-12-4-7-15(17)16(18)10-12/h2-10,17-18H,11H2,1H3/b9-8+. The van der Waals surface area contributed by atoms with Gasteiger partial charge in [0.05, 0.1) is 12.9 Å². The van der Waals surface area contributed by atoms with Gasteiger partial charge >= 0.3 is 0 Å². The first-order valence-electron chi connectivity index (χ1n) is 6.45. The molecule has 0 aliphatic heterocycles. The molecular weight excluding hydrogens is 304 g/mol. The number of sulfone groups is 1. The first-order valence-corrected chi connectivity index (χ1v) is 8.17. The van der Waals surface area contributed by atoms with E-state index in [1.54, 1.807) is 31.4 Å². The average Bonchev–Trinajstić information content (AvgIpc) is 2.49. The highest BCUT2D eigenvalue weighted by Gasteiger charge is 2.08. The van der Waals surface area contributed by atoms with Crippen LogP contribution in [-0.4, -0.2) is 25.7 Å². The summed E-state index contributed by atoms with van der Waals surface area (Å²) in [6, 6.07) is 10.9. The molecule has 0 spiro atoms. The Morgan fingerprint density at radius 2 is 1.73 bits per heavy atom. The minimum atomic E-state index is -3.44. The lowest BCUT2D eigenvalue weighted by Gasteiger charge is -2.03. The van der Waals surface area contributed by atoms with Gasteiger partial charge in [-0.1, -0.05) is 18.2 Å². The van der Waals surface area contributed by atoms with Crippen molar-refractivity contribution >= 4 is 15.9 Å². The molecule has 0 fully saturated rings. The second-order valence-corrected chi connectivity index (χ2v) is 6.59. The Bertz CT molecular complexity index is 777. The van der Waals surface area contributed by atoms with Crippen LogP contribution in [0.1, 0.15) is 11.1 Å². The largest absolute Gasteiger partial charge is 0.504 e. The minimum absolute atomic E-state index is 0.127. The van der Waals surface area contributed by atoms with Crippen molar-refractivity contribution in [3.63, 3.8) is 0 Å². The van der Waals surface area contributed by atoms with E-state index >= 15 is 0 Å². The van der Waals surface area contributed by atoms with E-state index in [4.69, 9.17) is 4.74 Å². The summed E-state index contributed by atoms with van der Waals surface area (Å²) in [5, 5.41) is 19.7. The van der Waals surface area contributed by atoms with Gasteiger partial charge in [-0.25, -0.2) is 8.42 Å². The number of benzene rings is 2. The summed E-state index contributed by atoms with van der Waals surface area (Å²) in [7, 11) is -1.90. The van der Waals surface area contributed by atoms with Gasteiger partial charge in [-0.05, 0) is 41.5 Å². The van der Waals surface area contributed by atoms with Crippen molar-refractivity contribution in [2.45, 2.75) is 5.75 Å². The summed E-state index contributed by atoms with van der Waals surface area (Å²) in [6.07, 6.45) is 1.37. The van der Waals surface area contributed by atoms with Crippen LogP contribution in [-0.2, 0) is 15.6 Å². The number of ether oxygens (including phenoxy) is 1. The highest BCUT2D eigenvalue weighted by molar-refractivity contribution is 7.93. The summed E-state index contributed by atoms with van der Waals surface area (Å²) in [5.41, 5.74) is 1.13. The molecule has 5 nitrogen and oxygen atoms in total. The van der Waals surface area contributed by atoms with Gasteiger partial charge in [0.1, 0.15) is 5.75 Å². The van der Waals surface area contributed by atoms with Gasteiger partial charge in [-0.3, -0.25) is 0 Å². The second-order valence-electron chi connectivity index (χ2n) is 4.71. The lowest BCUT2D eigenvalue weighted by molar-refractivity contribution is 0.403. The Balaban J connectivity index is 2.12. The zero-order valence-corrected chi connectivity index (χ0v) is 12.7. The van der Waals surface area contributed by atoms with Crippen molar-refractivity contribution in [3.8, 4) is 17.2 Å². The summed E-state index contributed by atoms with van der Waals surface area (Å²) in [5.74, 6) is -0.0124. The third kappa shape index (κ3) is 4.26. The molecule has 2 aromatic carbocycles. The molecule has 0 aliphatic rings. The predicted octanol–water partition coefficient (Wildman–Crippen LogP) is 2.69. The van der Waals surface area contributed by atoms with E-state index in [1.807, 2.05) is 0 Å². The molecule has 116 valence electrons. The van der Waals surface area contributed by atoms with E-state index in [0.717, 1.165) is 5.41 Å². The van der Waals surface area contributed by atoms with E-state index in [0.29, 0.717) is 16.9 Å². The second kappa shape index (κ2) is 6.53. The molecule has 0 bridgehead atoms. The van der Waals surface area contributed by atoms with Gasteiger partial charge in [0.25, 0.3) is 0 Å². The van der Waals surface area contributed by atoms with Crippen LogP contribution in [0.5, 0.6) is 17.2 Å². The molecular formula is C16H16O5S. The smallest absolute Gasteiger partial charge is 0.175 e. The van der Waals surface area contributed by atoms with E-state index in [-0.39, 0.29) is 17.3 Å². The summed E-state index contributed by atoms with van der Waals surface area (Å²) in [4.78, 5) is 0. The highest BCUT2D eigenvalue weighted by atomic mass is 32.2. The molecule has 0 aromatic heterocycles. The molecule has 2 aromatic rings. The van der Waals surface area contributed by atoms with Crippen LogP contribution >= 0.6 is 0 Å². The third-order valence-corrected chi connectivity index (χ3v) is 4.28. The first-order chi connectivity index (χ1) is 10.4. The van der Waals surface area contributed by atoms with Crippen LogP contribution < -0.4 is 4.74 Å². The number of hydrogen-bond donors (Lipinski definition) is 2. The van der Waals surface area contributed by atoms with Crippen molar-refractivity contribution in [2.75, 3.05) is 7.11 Å². The molecule has 2 N–H and O–H groups in total. The zero-order chi connectivity index (χ0) is 16.2. The molecule has 0 saturated heterocycles. The van der Waals surface area contributed by atoms with Gasteiger partial charge in [0.2, 0.25) is 0 Å². The monoisotopic (exact) mass is 320 g/mol. The number of rotatable bonds is 5. The molecule has 22 heavy (non-hydrogen) atoms. The van der Waals surface area contributed by atoms with Gasteiger partial charge in [-0.2, -0.15) is 0 Å². The molecule has 0 atom stereocenters. The number of phenols is 2. The Labute approximate surface area is 129 Å². The quantitative estimate of drug-likeness (QED) is 0.828. The lowest BCUT2D eigenvalue weighted by atomic mass is 10.2. The highest BCUT2D eigenvalue weighted by Crippen LogP contribution is 2.25. The van der Waals surface area contributed by atoms with E-state index in [1.165, 1.54) is 24.3 Å². The predicted molar refractivity (Wildman–Crippen MR) is 84.4 cm³/mol. The van der Waals surface area contributed by atoms with Crippen molar-refractivity contribution in [1.29, 1.82) is 0 Å². The molecule has 0 aliphatic carbocycles. The van der Waals surface area contributed by atoms with Crippen LogP contribution in [0.3, 0.4) is 0 Å². The van der Waals surface area contributed by atoms with Crippen LogP contribution in [0.15, 0.2) is 47.9 Å². The molecule has 0 heterocycles. The van der Waals surface area contributed by atoms with Crippen LogP contribution in [0, 0.1) is 0 Å². The maximum Gasteiger partial charge on any atom is 0.175 e. The number of hydrogen-bond acceptors (Lipinski definition) is 5. The third-order valence-electron chi connectivity index (χ3n) is 2.99. The number of phenolic OH excluding ortho intramolecular Hbond substituents is 2. The molecule has 0 radical (unpaired) electrons. The Hall–Kier alpha value is -2.47. The normalized spacial score (nSPS) is 11.7. The maximum absolute atomic E-state index is 12.0. The molecule has 6 heteroatoms. The lowest BCUT2D eigenvalue weighted by Crippen LogP contribution is -1.99. The van der Waals surface area contributed by atoms with Crippen LogP contribution in [0.25, 0.3) is 6.08 Å². The van der Waals surface area contributed by atoms with Crippen LogP contribution in [0.2, 0.25) is 0 Å². The zero-order valence-electron chi connectivity index (χ0n) is 11.9. The SMILES string of the molecule is COc1ccc(CS(=O)(=O)/C=C/c2ccc(O)c(O)c2)cc1. The van der Waals surface area contributed by atoms with Crippen molar-refractivity contribution in [2.24, 2.45) is 0 Å². The maximum atomic E-state index is 12.0. The van der Waals surface area contributed by atoms with Crippen LogP contribution in [0.4, 0.5) is 0 Å². The Morgan fingerprint density at radius 1 is 1.05 bits per heavy atom. The van der Waals surface area contributed by atoms with E-state index in [9.17, 15) is 18.6 Å². The topological polar surface area (TPSA) is 83.8 Å². The van der Waals surface area contributed by atoms with Crippen molar-refractivity contribution < 1.29 is 23.4 Å². The average molecular weight is 320 g/mol.